The molecule has 0 bridgehead atoms. The Balaban J connectivity index is 4.86. The van der Waals surface area contributed by atoms with Gasteiger partial charge >= 0.3 is 10.1 Å². The van der Waals surface area contributed by atoms with Crippen LogP contribution in [0.1, 0.15) is 13.3 Å². The van der Waals surface area contributed by atoms with E-state index in [4.69, 9.17) is 4.55 Å². The normalized spacial score (nSPS) is 16.6. The molecule has 0 aliphatic rings. The lowest BCUT2D eigenvalue weighted by Gasteiger charge is -2.17. The Morgan fingerprint density at radius 2 is 2.08 bits per heavy atom. The number of Topliss-reactive ketones (excluding diaryl/α,β-unsaturated/α-hetero) is 1. The fourth-order valence-corrected chi connectivity index (χ4v) is 1.42. The Bertz CT molecular complexity index is 285. The summed E-state index contributed by atoms with van der Waals surface area (Å²) in [4.78, 5) is 10.6. The molecule has 1 unspecified atom stereocenters. The number of ketones is 1. The summed E-state index contributed by atoms with van der Waals surface area (Å²) in [6.07, 6.45) is -0.711. The van der Waals surface area contributed by atoms with Gasteiger partial charge in [-0.3, -0.25) is 9.35 Å². The highest BCUT2D eigenvalue weighted by Crippen LogP contribution is 2.24. The third-order valence-electron chi connectivity index (χ3n) is 1.56. The third kappa shape index (κ3) is 2.71. The van der Waals surface area contributed by atoms with Gasteiger partial charge < -0.3 is 4.74 Å². The summed E-state index contributed by atoms with van der Waals surface area (Å²) in [5.41, 5.74) is 0. The van der Waals surface area contributed by atoms with Crippen LogP contribution in [0.2, 0.25) is 0 Å². The first-order valence-corrected chi connectivity index (χ1v) is 4.85. The van der Waals surface area contributed by atoms with Crippen molar-refractivity contribution in [2.45, 2.75) is 18.3 Å². The zero-order valence-electron chi connectivity index (χ0n) is 7.28. The number of carbonyl (C=O) groups excluding carboxylic acids is 1. The van der Waals surface area contributed by atoms with Gasteiger partial charge in [-0.15, -0.1) is 0 Å². The first-order valence-electron chi connectivity index (χ1n) is 3.41. The van der Waals surface area contributed by atoms with E-state index < -0.39 is 27.3 Å². The number of rotatable bonds is 5. The number of carbonyl (C=O) groups is 1. The molecule has 13 heavy (non-hydrogen) atoms. The Hall–Kier alpha value is -0.530. The molecule has 0 spiro atoms. The lowest BCUT2D eigenvalue weighted by atomic mass is 10.2. The first-order chi connectivity index (χ1) is 5.75. The van der Waals surface area contributed by atoms with Gasteiger partial charge in [0.25, 0.3) is 5.00 Å². The minimum Gasteiger partial charge on any atom is -0.385 e. The summed E-state index contributed by atoms with van der Waals surface area (Å²) in [7, 11) is -3.81. The minimum absolute atomic E-state index is 0.268. The van der Waals surface area contributed by atoms with E-state index in [9.17, 15) is 17.6 Å². The number of ether oxygens (including phenoxy) is 1. The monoisotopic (exact) mass is 214 g/mol. The number of hydrogen-bond donors (Lipinski definition) is 1. The van der Waals surface area contributed by atoms with Gasteiger partial charge in [0.1, 0.15) is 0 Å². The quantitative estimate of drug-likeness (QED) is 0.659. The van der Waals surface area contributed by atoms with Gasteiger partial charge in [0.2, 0.25) is 0 Å². The lowest BCUT2D eigenvalue weighted by Crippen LogP contribution is -2.41. The zero-order valence-corrected chi connectivity index (χ0v) is 8.10. The van der Waals surface area contributed by atoms with E-state index in [1.165, 1.54) is 7.11 Å². The van der Waals surface area contributed by atoms with Crippen molar-refractivity contribution >= 4 is 15.9 Å². The van der Waals surface area contributed by atoms with Gasteiger partial charge in [-0.05, 0) is 6.92 Å². The van der Waals surface area contributed by atoms with Crippen LogP contribution in [0.5, 0.6) is 0 Å². The number of methoxy groups -OCH3 is 1. The maximum Gasteiger partial charge on any atom is 0.308 e. The van der Waals surface area contributed by atoms with Gasteiger partial charge in [-0.2, -0.15) is 8.42 Å². The van der Waals surface area contributed by atoms with Crippen LogP contribution in [0.15, 0.2) is 0 Å². The molecule has 0 saturated heterocycles. The molecule has 78 valence electrons. The Kier molecular flexibility index (Phi) is 3.95. The highest BCUT2D eigenvalue weighted by atomic mass is 32.2. The molecular weight excluding hydrogens is 203 g/mol. The summed E-state index contributed by atoms with van der Waals surface area (Å²) in [5, 5.41) is -3.25. The standard InChI is InChI=1S/C6H11FO5S/c1-5(8)6(7,3-4-12-2)13(9,10)11/h3-4H2,1-2H3,(H,9,10,11). The number of hydrogen-bond acceptors (Lipinski definition) is 4. The minimum atomic E-state index is -5.03. The van der Waals surface area contributed by atoms with Gasteiger partial charge in [-0.25, -0.2) is 4.39 Å². The average Bonchev–Trinajstić information content (AvgIpc) is 1.97. The highest BCUT2D eigenvalue weighted by Gasteiger charge is 2.48. The molecule has 0 aliphatic carbocycles. The van der Waals surface area contributed by atoms with Gasteiger partial charge in [-0.1, -0.05) is 0 Å². The first kappa shape index (κ1) is 12.5. The van der Waals surface area contributed by atoms with Crippen molar-refractivity contribution in [2.75, 3.05) is 13.7 Å². The molecule has 1 atom stereocenters. The van der Waals surface area contributed by atoms with Gasteiger partial charge in [0, 0.05) is 13.5 Å². The van der Waals surface area contributed by atoms with E-state index in [1.807, 2.05) is 0 Å². The second-order valence-electron chi connectivity index (χ2n) is 2.50. The van der Waals surface area contributed by atoms with Crippen LogP contribution in [0.3, 0.4) is 0 Å². The van der Waals surface area contributed by atoms with Crippen LogP contribution in [0.25, 0.3) is 0 Å². The number of halogens is 1. The summed E-state index contributed by atoms with van der Waals surface area (Å²) < 4.78 is 47.2. The summed E-state index contributed by atoms with van der Waals surface area (Å²) in [6, 6.07) is 0. The van der Waals surface area contributed by atoms with E-state index >= 15 is 0 Å². The maximum atomic E-state index is 13.3. The predicted molar refractivity (Wildman–Crippen MR) is 42.6 cm³/mol. The van der Waals surface area contributed by atoms with Crippen molar-refractivity contribution in [2.24, 2.45) is 0 Å². The number of alkyl halides is 1. The van der Waals surface area contributed by atoms with Crippen molar-refractivity contribution in [3.63, 3.8) is 0 Å². The fraction of sp³-hybridized carbons (Fsp3) is 0.833. The molecule has 0 saturated carbocycles. The summed E-state index contributed by atoms with van der Waals surface area (Å²) >= 11 is 0. The SMILES string of the molecule is COCCC(F)(C(C)=O)S(=O)(=O)O. The molecule has 0 aliphatic heterocycles. The molecule has 0 fully saturated rings. The van der Waals surface area contributed by atoms with E-state index in [0.717, 1.165) is 6.92 Å². The Morgan fingerprint density at radius 3 is 2.31 bits per heavy atom. The Morgan fingerprint density at radius 1 is 1.62 bits per heavy atom. The van der Waals surface area contributed by atoms with Crippen LogP contribution >= 0.6 is 0 Å². The van der Waals surface area contributed by atoms with Crippen LogP contribution in [0.4, 0.5) is 4.39 Å². The summed E-state index contributed by atoms with van der Waals surface area (Å²) in [5.74, 6) is -1.26. The molecular formula is C6H11FO5S. The van der Waals surface area contributed by atoms with Gasteiger partial charge in [0.05, 0.1) is 6.61 Å². The van der Waals surface area contributed by atoms with Crippen molar-refractivity contribution < 1.29 is 26.9 Å². The van der Waals surface area contributed by atoms with Crippen LogP contribution in [-0.2, 0) is 19.6 Å². The maximum absolute atomic E-state index is 13.3. The Labute approximate surface area is 75.6 Å². The molecule has 7 heteroatoms. The smallest absolute Gasteiger partial charge is 0.308 e. The van der Waals surface area contributed by atoms with Crippen molar-refractivity contribution in [1.82, 2.24) is 0 Å². The van der Waals surface area contributed by atoms with Gasteiger partial charge in [0.15, 0.2) is 5.78 Å². The van der Waals surface area contributed by atoms with Crippen molar-refractivity contribution in [1.29, 1.82) is 0 Å². The predicted octanol–water partition coefficient (Wildman–Crippen LogP) is 0.166. The van der Waals surface area contributed by atoms with E-state index in [0.29, 0.717) is 0 Å². The third-order valence-corrected chi connectivity index (χ3v) is 2.87. The lowest BCUT2D eigenvalue weighted by molar-refractivity contribution is -0.124. The molecule has 0 rings (SSSR count). The van der Waals surface area contributed by atoms with Crippen LogP contribution < -0.4 is 0 Å². The zero-order chi connectivity index (χ0) is 10.7. The van der Waals surface area contributed by atoms with Crippen LogP contribution in [0, 0.1) is 0 Å². The van der Waals surface area contributed by atoms with E-state index in [2.05, 4.69) is 4.74 Å². The fourth-order valence-electron chi connectivity index (χ4n) is 0.720. The highest BCUT2D eigenvalue weighted by molar-refractivity contribution is 7.87. The largest absolute Gasteiger partial charge is 0.385 e. The molecule has 0 aromatic heterocycles. The molecule has 1 N–H and O–H groups in total. The average molecular weight is 214 g/mol. The van der Waals surface area contributed by atoms with Crippen LogP contribution in [-0.4, -0.2) is 37.5 Å². The van der Waals surface area contributed by atoms with Crippen molar-refractivity contribution in [3.05, 3.63) is 0 Å². The molecule has 0 aromatic carbocycles. The molecule has 0 aromatic rings. The van der Waals surface area contributed by atoms with E-state index in [1.54, 1.807) is 0 Å². The van der Waals surface area contributed by atoms with E-state index in [-0.39, 0.29) is 6.61 Å². The molecule has 5 nitrogen and oxygen atoms in total. The van der Waals surface area contributed by atoms with Crippen molar-refractivity contribution in [3.8, 4) is 0 Å². The molecule has 0 heterocycles. The topological polar surface area (TPSA) is 80.7 Å². The molecule has 0 radical (unpaired) electrons. The second kappa shape index (κ2) is 4.12. The molecule has 0 amide bonds. The second-order valence-corrected chi connectivity index (χ2v) is 4.10. The summed E-state index contributed by atoms with van der Waals surface area (Å²) in [6.45, 7) is 0.485.